The molecule has 0 fully saturated rings. The van der Waals surface area contributed by atoms with E-state index in [0.29, 0.717) is 19.8 Å². The lowest BCUT2D eigenvalue weighted by Gasteiger charge is -2.18. The molecule has 156 valence electrons. The predicted molar refractivity (Wildman–Crippen MR) is 121 cm³/mol. The van der Waals surface area contributed by atoms with Crippen LogP contribution in [0.2, 0.25) is 0 Å². The zero-order chi connectivity index (χ0) is 19.0. The second-order valence-electron chi connectivity index (χ2n) is 5.94. The predicted octanol–water partition coefficient (Wildman–Crippen LogP) is 1.96. The minimum atomic E-state index is 0. The van der Waals surface area contributed by atoms with Gasteiger partial charge < -0.3 is 29.7 Å². The number of hydrogen-bond donors (Lipinski definition) is 2. The summed E-state index contributed by atoms with van der Waals surface area (Å²) in [5.74, 6) is 1.64. The van der Waals surface area contributed by atoms with Crippen LogP contribution in [0.4, 0.5) is 0 Å². The van der Waals surface area contributed by atoms with E-state index >= 15 is 0 Å². The number of aliphatic imine (C=N–C) groups is 1. The zero-order valence-corrected chi connectivity index (χ0v) is 19.3. The molecule has 1 aromatic rings. The van der Waals surface area contributed by atoms with E-state index in [-0.39, 0.29) is 24.0 Å². The maximum atomic E-state index is 5.71. The Bertz CT molecular complexity index is 517. The molecule has 0 bridgehead atoms. The summed E-state index contributed by atoms with van der Waals surface area (Å²) in [5.41, 5.74) is 1.05. The summed E-state index contributed by atoms with van der Waals surface area (Å²) in [7, 11) is 7.29. The smallest absolute Gasteiger partial charge is 0.191 e. The van der Waals surface area contributed by atoms with Crippen LogP contribution in [0.15, 0.2) is 29.3 Å². The van der Waals surface area contributed by atoms with E-state index in [1.807, 2.05) is 24.3 Å². The molecule has 0 aliphatic rings. The van der Waals surface area contributed by atoms with Crippen molar-refractivity contribution >= 4 is 29.9 Å². The number of nitrogens with one attached hydrogen (secondary N) is 2. The Balaban J connectivity index is 0.00000676. The number of benzene rings is 1. The lowest BCUT2D eigenvalue weighted by atomic mass is 10.2. The van der Waals surface area contributed by atoms with Gasteiger partial charge >= 0.3 is 0 Å². The first kappa shape index (κ1) is 25.9. The highest BCUT2D eigenvalue weighted by Gasteiger charge is 2.02. The highest BCUT2D eigenvalue weighted by atomic mass is 127. The van der Waals surface area contributed by atoms with E-state index in [2.05, 4.69) is 27.6 Å². The minimum Gasteiger partial charge on any atom is -0.496 e. The summed E-state index contributed by atoms with van der Waals surface area (Å²) in [5, 5.41) is 6.56. The van der Waals surface area contributed by atoms with Gasteiger partial charge in [0, 0.05) is 52.5 Å². The average Bonchev–Trinajstić information content (AvgIpc) is 2.66. The molecule has 0 aliphatic carbocycles. The zero-order valence-electron chi connectivity index (χ0n) is 17.0. The van der Waals surface area contributed by atoms with Gasteiger partial charge in [-0.15, -0.1) is 24.0 Å². The fourth-order valence-corrected chi connectivity index (χ4v) is 2.42. The fraction of sp³-hybridized carbons (Fsp3) is 0.632. The van der Waals surface area contributed by atoms with Crippen molar-refractivity contribution in [3.63, 3.8) is 0 Å². The molecule has 0 saturated heterocycles. The number of hydrogen-bond acceptors (Lipinski definition) is 5. The highest BCUT2D eigenvalue weighted by molar-refractivity contribution is 14.0. The van der Waals surface area contributed by atoms with Gasteiger partial charge in [0.25, 0.3) is 0 Å². The number of rotatable bonds is 13. The summed E-state index contributed by atoms with van der Waals surface area (Å²) in [6.45, 7) is 5.44. The molecule has 0 aromatic heterocycles. The monoisotopic (exact) mass is 494 g/mol. The van der Waals surface area contributed by atoms with Gasteiger partial charge in [-0.25, -0.2) is 0 Å². The molecule has 0 atom stereocenters. The first-order valence-electron chi connectivity index (χ1n) is 9.03. The molecule has 8 heteroatoms. The molecular weight excluding hydrogens is 459 g/mol. The lowest BCUT2D eigenvalue weighted by molar-refractivity contribution is 0.123. The maximum Gasteiger partial charge on any atom is 0.191 e. The second kappa shape index (κ2) is 17.0. The number of halogens is 1. The van der Waals surface area contributed by atoms with Crippen molar-refractivity contribution in [3.8, 4) is 5.75 Å². The Morgan fingerprint density at radius 1 is 1.07 bits per heavy atom. The molecule has 1 rings (SSSR count). The van der Waals surface area contributed by atoms with Crippen molar-refractivity contribution < 1.29 is 14.2 Å². The van der Waals surface area contributed by atoms with Crippen LogP contribution < -0.4 is 15.4 Å². The summed E-state index contributed by atoms with van der Waals surface area (Å²) >= 11 is 0. The molecule has 0 spiro atoms. The van der Waals surface area contributed by atoms with Crippen LogP contribution in [-0.2, 0) is 16.1 Å². The number of methoxy groups -OCH3 is 2. The number of nitrogens with zero attached hydrogens (tertiary/aromatic N) is 2. The lowest BCUT2D eigenvalue weighted by Crippen LogP contribution is -2.42. The van der Waals surface area contributed by atoms with E-state index in [1.165, 1.54) is 0 Å². The largest absolute Gasteiger partial charge is 0.496 e. The first-order valence-corrected chi connectivity index (χ1v) is 9.03. The number of para-hydroxylation sites is 1. The fourth-order valence-electron chi connectivity index (χ4n) is 2.42. The minimum absolute atomic E-state index is 0. The van der Waals surface area contributed by atoms with Crippen molar-refractivity contribution in [2.24, 2.45) is 4.99 Å². The molecule has 0 amide bonds. The SMILES string of the molecule is CN=C(NCCOCc1ccccc1OC)NCCN(C)CCCOC.I. The van der Waals surface area contributed by atoms with Crippen LogP contribution in [0, 0.1) is 0 Å². The topological polar surface area (TPSA) is 67.4 Å². The van der Waals surface area contributed by atoms with E-state index < -0.39 is 0 Å². The van der Waals surface area contributed by atoms with E-state index in [0.717, 1.165) is 49.9 Å². The van der Waals surface area contributed by atoms with E-state index in [9.17, 15) is 0 Å². The van der Waals surface area contributed by atoms with Crippen molar-refractivity contribution in [2.45, 2.75) is 13.0 Å². The summed E-state index contributed by atoms with van der Waals surface area (Å²) < 4.78 is 16.1. The normalized spacial score (nSPS) is 11.2. The Hall–Kier alpha value is -1.10. The van der Waals surface area contributed by atoms with Gasteiger partial charge in [0.15, 0.2) is 5.96 Å². The molecule has 0 aliphatic heterocycles. The molecule has 27 heavy (non-hydrogen) atoms. The Kier molecular flexibility index (Phi) is 16.3. The second-order valence-corrected chi connectivity index (χ2v) is 5.94. The molecule has 0 heterocycles. The standard InChI is InChI=1S/C19H34N4O3.HI/c1-20-19(21-10-13-23(2)12-7-14-24-3)22-11-15-26-16-17-8-5-6-9-18(17)25-4;/h5-6,8-9H,7,10-16H2,1-4H3,(H2,20,21,22);1H. The quantitative estimate of drug-likeness (QED) is 0.189. The number of ether oxygens (including phenoxy) is 3. The molecule has 1 aromatic carbocycles. The van der Waals surface area contributed by atoms with E-state index in [4.69, 9.17) is 14.2 Å². The van der Waals surface area contributed by atoms with Gasteiger partial charge in [-0.3, -0.25) is 4.99 Å². The van der Waals surface area contributed by atoms with Crippen molar-refractivity contribution in [2.75, 3.05) is 67.7 Å². The molecule has 0 unspecified atom stereocenters. The van der Waals surface area contributed by atoms with Gasteiger partial charge in [0.1, 0.15) is 5.75 Å². The third-order valence-electron chi connectivity index (χ3n) is 3.89. The van der Waals surface area contributed by atoms with Gasteiger partial charge in [0.05, 0.1) is 20.3 Å². The van der Waals surface area contributed by atoms with Crippen molar-refractivity contribution in [1.82, 2.24) is 15.5 Å². The Labute approximate surface area is 180 Å². The Morgan fingerprint density at radius 3 is 2.52 bits per heavy atom. The maximum absolute atomic E-state index is 5.71. The number of likely N-dealkylation sites (N-methyl/N-ethyl adjacent to an activating group) is 1. The summed E-state index contributed by atoms with van der Waals surface area (Å²) in [6, 6.07) is 7.89. The molecule has 0 saturated carbocycles. The van der Waals surface area contributed by atoms with Gasteiger partial charge in [-0.2, -0.15) is 0 Å². The van der Waals surface area contributed by atoms with Crippen LogP contribution in [0.1, 0.15) is 12.0 Å². The van der Waals surface area contributed by atoms with Gasteiger partial charge in [-0.1, -0.05) is 18.2 Å². The average molecular weight is 494 g/mol. The van der Waals surface area contributed by atoms with Crippen molar-refractivity contribution in [3.05, 3.63) is 29.8 Å². The van der Waals surface area contributed by atoms with E-state index in [1.54, 1.807) is 21.3 Å². The third kappa shape index (κ3) is 12.1. The molecule has 2 N–H and O–H groups in total. The first-order chi connectivity index (χ1) is 12.7. The number of guanidine groups is 1. The Morgan fingerprint density at radius 2 is 1.81 bits per heavy atom. The summed E-state index contributed by atoms with van der Waals surface area (Å²) in [4.78, 5) is 6.50. The van der Waals surface area contributed by atoms with Crippen molar-refractivity contribution in [1.29, 1.82) is 0 Å². The molecule has 0 radical (unpaired) electrons. The van der Waals surface area contributed by atoms with Gasteiger partial charge in [0.2, 0.25) is 0 Å². The van der Waals surface area contributed by atoms with Crippen LogP contribution in [0.25, 0.3) is 0 Å². The third-order valence-corrected chi connectivity index (χ3v) is 3.89. The van der Waals surface area contributed by atoms with Gasteiger partial charge in [-0.05, 0) is 19.5 Å². The van der Waals surface area contributed by atoms with Crippen LogP contribution in [0.3, 0.4) is 0 Å². The van der Waals surface area contributed by atoms with Crippen LogP contribution in [-0.4, -0.2) is 78.6 Å². The molecular formula is C19H35IN4O3. The highest BCUT2D eigenvalue weighted by Crippen LogP contribution is 2.17. The van der Waals surface area contributed by atoms with Crippen LogP contribution in [0.5, 0.6) is 5.75 Å². The van der Waals surface area contributed by atoms with Crippen LogP contribution >= 0.6 is 24.0 Å². The summed E-state index contributed by atoms with van der Waals surface area (Å²) in [6.07, 6.45) is 1.05. The molecule has 7 nitrogen and oxygen atoms in total.